The summed E-state index contributed by atoms with van der Waals surface area (Å²) in [5.41, 5.74) is 0.342. The summed E-state index contributed by atoms with van der Waals surface area (Å²) in [5.74, 6) is -1.43. The molecule has 11 heteroatoms. The number of carbonyl (C=O) groups is 2. The molecule has 1 aliphatic heterocycles. The minimum atomic E-state index is -1.61. The van der Waals surface area contributed by atoms with Crippen LogP contribution in [-0.4, -0.2) is 40.9 Å². The van der Waals surface area contributed by atoms with E-state index >= 15 is 0 Å². The number of anilines is 1. The normalized spacial score (nSPS) is 22.7. The van der Waals surface area contributed by atoms with Crippen LogP contribution in [0.25, 0.3) is 0 Å². The first-order valence-electron chi connectivity index (χ1n) is 8.15. The Morgan fingerprint density at radius 2 is 2.18 bits per heavy atom. The lowest BCUT2D eigenvalue weighted by Crippen LogP contribution is -2.55. The van der Waals surface area contributed by atoms with E-state index in [1.54, 1.807) is 19.2 Å². The van der Waals surface area contributed by atoms with Gasteiger partial charge in [0.05, 0.1) is 18.2 Å². The molecule has 150 valence electrons. The van der Waals surface area contributed by atoms with E-state index in [4.69, 9.17) is 16.3 Å². The Morgan fingerprint density at radius 3 is 2.86 bits per heavy atom. The van der Waals surface area contributed by atoms with Crippen molar-refractivity contribution in [3.8, 4) is 0 Å². The number of amides is 1. The molecule has 3 atom stereocenters. The molecule has 1 aliphatic rings. The number of rotatable bonds is 4. The zero-order valence-electron chi connectivity index (χ0n) is 14.9. The molecule has 28 heavy (non-hydrogen) atoms. The fourth-order valence-electron chi connectivity index (χ4n) is 2.74. The molecule has 0 spiro atoms. The average molecular weight is 446 g/mol. The molecule has 1 aromatic carbocycles. The summed E-state index contributed by atoms with van der Waals surface area (Å²) in [5, 5.41) is 2.57. The number of ether oxygens (including phenoxy) is 1. The first-order valence-corrected chi connectivity index (χ1v) is 10.4. The van der Waals surface area contributed by atoms with Crippen LogP contribution in [0.15, 0.2) is 30.3 Å². The third-order valence-corrected chi connectivity index (χ3v) is 6.98. The monoisotopic (exact) mass is 445 g/mol. The molecule has 1 aromatic heterocycles. The second kappa shape index (κ2) is 8.76. The standard InChI is InChI=1S/C17H17ClFN3O4S2/c1-22-13(16(23)20-9-3-4-11(19)10(18)7-9)8-12(21-28(22)25)14-5-6-15(27-14)17(24)26-2/h3-7,12-13,21H,8H2,1-2H3,(H,20,23). The molecule has 1 amide bonds. The van der Waals surface area contributed by atoms with Crippen molar-refractivity contribution in [1.82, 2.24) is 9.03 Å². The van der Waals surface area contributed by atoms with Crippen molar-refractivity contribution in [3.05, 3.63) is 50.9 Å². The summed E-state index contributed by atoms with van der Waals surface area (Å²) in [6.45, 7) is 0. The van der Waals surface area contributed by atoms with Gasteiger partial charge in [0.15, 0.2) is 0 Å². The number of likely N-dealkylation sites (N-methyl/N-ethyl adjacent to an activating group) is 1. The summed E-state index contributed by atoms with van der Waals surface area (Å²) >= 11 is 5.35. The van der Waals surface area contributed by atoms with Crippen molar-refractivity contribution in [1.29, 1.82) is 0 Å². The van der Waals surface area contributed by atoms with Crippen LogP contribution in [0.5, 0.6) is 0 Å². The van der Waals surface area contributed by atoms with Crippen LogP contribution in [0, 0.1) is 5.82 Å². The van der Waals surface area contributed by atoms with Crippen molar-refractivity contribution in [2.45, 2.75) is 18.5 Å². The van der Waals surface area contributed by atoms with E-state index in [9.17, 15) is 18.5 Å². The highest BCUT2D eigenvalue weighted by Gasteiger charge is 2.41. The quantitative estimate of drug-likeness (QED) is 0.555. The van der Waals surface area contributed by atoms with Gasteiger partial charge in [0.1, 0.15) is 28.3 Å². The van der Waals surface area contributed by atoms with Crippen molar-refractivity contribution in [3.63, 3.8) is 0 Å². The molecule has 2 heterocycles. The number of esters is 1. The number of hydrogen-bond donors (Lipinski definition) is 2. The van der Waals surface area contributed by atoms with Crippen LogP contribution >= 0.6 is 22.9 Å². The highest BCUT2D eigenvalue weighted by molar-refractivity contribution is 7.87. The Bertz CT molecular complexity index is 897. The Morgan fingerprint density at radius 1 is 1.43 bits per heavy atom. The number of thiophene rings is 1. The predicted octanol–water partition coefficient (Wildman–Crippen LogP) is 2.88. The minimum absolute atomic E-state index is 0.105. The molecule has 7 nitrogen and oxygen atoms in total. The predicted molar refractivity (Wildman–Crippen MR) is 106 cm³/mol. The van der Waals surface area contributed by atoms with Crippen LogP contribution in [-0.2, 0) is 21.1 Å². The highest BCUT2D eigenvalue weighted by atomic mass is 35.5. The fraction of sp³-hybridized carbons (Fsp3) is 0.294. The third-order valence-electron chi connectivity index (χ3n) is 4.25. The second-order valence-electron chi connectivity index (χ2n) is 6.03. The summed E-state index contributed by atoms with van der Waals surface area (Å²) in [4.78, 5) is 25.6. The molecule has 2 N–H and O–H groups in total. The topological polar surface area (TPSA) is 93.7 Å². The molecule has 3 rings (SSSR count). The Kier molecular flexibility index (Phi) is 6.58. The molecule has 2 aromatic rings. The van der Waals surface area contributed by atoms with Gasteiger partial charge in [-0.05, 0) is 30.3 Å². The van der Waals surface area contributed by atoms with E-state index in [1.165, 1.54) is 34.9 Å². The van der Waals surface area contributed by atoms with Crippen LogP contribution in [0.1, 0.15) is 27.0 Å². The summed E-state index contributed by atoms with van der Waals surface area (Å²) < 4.78 is 34.8. The average Bonchev–Trinajstić information content (AvgIpc) is 3.16. The van der Waals surface area contributed by atoms with Crippen molar-refractivity contribution >= 4 is 52.0 Å². The van der Waals surface area contributed by atoms with Gasteiger partial charge in [0, 0.05) is 24.0 Å². The Hall–Kier alpha value is -1.69. The summed E-state index contributed by atoms with van der Waals surface area (Å²) in [7, 11) is 2.86. The van der Waals surface area contributed by atoms with Gasteiger partial charge in [-0.2, -0.15) is 0 Å². The number of hydrogen-bond acceptors (Lipinski definition) is 7. The highest BCUT2D eigenvalue weighted by Crippen LogP contribution is 2.33. The molecular weight excluding hydrogens is 429 g/mol. The van der Waals surface area contributed by atoms with Gasteiger partial charge in [-0.25, -0.2) is 9.18 Å². The Balaban J connectivity index is 1.76. The van der Waals surface area contributed by atoms with Gasteiger partial charge in [-0.15, -0.1) is 16.1 Å². The maximum atomic E-state index is 13.3. The SMILES string of the molecule is COC(=O)c1ccc(C2CC(C(=O)Nc3ccc(F)c(Cl)c3)N(C)[S+]([O-])N2)s1. The minimum Gasteiger partial charge on any atom is -0.579 e. The molecule has 1 fully saturated rings. The van der Waals surface area contributed by atoms with Crippen LogP contribution in [0.3, 0.4) is 0 Å². The molecule has 0 bridgehead atoms. The lowest BCUT2D eigenvalue weighted by atomic mass is 10.1. The van der Waals surface area contributed by atoms with E-state index in [1.807, 2.05) is 0 Å². The van der Waals surface area contributed by atoms with Crippen molar-refractivity contribution < 1.29 is 23.3 Å². The van der Waals surface area contributed by atoms with Gasteiger partial charge in [0.2, 0.25) is 5.91 Å². The number of benzene rings is 1. The maximum absolute atomic E-state index is 13.3. The maximum Gasteiger partial charge on any atom is 0.348 e. The van der Waals surface area contributed by atoms with E-state index in [2.05, 4.69) is 10.0 Å². The largest absolute Gasteiger partial charge is 0.579 e. The molecule has 0 radical (unpaired) electrons. The van der Waals surface area contributed by atoms with E-state index in [-0.39, 0.29) is 11.1 Å². The van der Waals surface area contributed by atoms with Crippen molar-refractivity contribution in [2.75, 3.05) is 19.5 Å². The fourth-order valence-corrected chi connectivity index (χ4v) is 5.03. The molecular formula is C17H17ClFN3O4S2. The van der Waals surface area contributed by atoms with Gasteiger partial charge in [0.25, 0.3) is 0 Å². The lowest BCUT2D eigenvalue weighted by Gasteiger charge is -2.35. The lowest BCUT2D eigenvalue weighted by molar-refractivity contribution is -0.120. The zero-order valence-corrected chi connectivity index (χ0v) is 17.3. The van der Waals surface area contributed by atoms with Gasteiger partial charge in [-0.1, -0.05) is 15.9 Å². The second-order valence-corrected chi connectivity index (χ2v) is 8.86. The van der Waals surface area contributed by atoms with E-state index in [0.29, 0.717) is 17.0 Å². The summed E-state index contributed by atoms with van der Waals surface area (Å²) in [6, 6.07) is 6.15. The number of nitrogens with zero attached hydrogens (tertiary/aromatic N) is 1. The van der Waals surface area contributed by atoms with Crippen LogP contribution < -0.4 is 10.0 Å². The number of methoxy groups -OCH3 is 1. The third kappa shape index (κ3) is 4.48. The number of carbonyl (C=O) groups excluding carboxylic acids is 2. The van der Waals surface area contributed by atoms with Crippen LogP contribution in [0.2, 0.25) is 5.02 Å². The van der Waals surface area contributed by atoms with Crippen molar-refractivity contribution in [2.24, 2.45) is 0 Å². The van der Waals surface area contributed by atoms with Crippen LogP contribution in [0.4, 0.5) is 10.1 Å². The smallest absolute Gasteiger partial charge is 0.348 e. The molecule has 1 saturated heterocycles. The van der Waals surface area contributed by atoms with E-state index in [0.717, 1.165) is 10.9 Å². The molecule has 0 aliphatic carbocycles. The van der Waals surface area contributed by atoms with Gasteiger partial charge < -0.3 is 14.6 Å². The van der Waals surface area contributed by atoms with Gasteiger partial charge in [-0.3, -0.25) is 4.79 Å². The number of nitrogens with one attached hydrogen (secondary N) is 2. The zero-order chi connectivity index (χ0) is 20.4. The van der Waals surface area contributed by atoms with E-state index < -0.39 is 35.3 Å². The molecule has 3 unspecified atom stereocenters. The number of halogens is 2. The Labute approximate surface area is 173 Å². The van der Waals surface area contributed by atoms with Gasteiger partial charge >= 0.3 is 5.97 Å². The first kappa shape index (κ1) is 21.0. The summed E-state index contributed by atoms with van der Waals surface area (Å²) in [6.07, 6.45) is 0.324. The molecule has 0 saturated carbocycles. The first-order chi connectivity index (χ1) is 13.3.